The summed E-state index contributed by atoms with van der Waals surface area (Å²) in [5.74, 6) is -1.73. The van der Waals surface area contributed by atoms with Crippen molar-refractivity contribution in [2.45, 2.75) is 51.2 Å². The average molecular weight is 353 g/mol. The molecule has 0 bridgehead atoms. The molecule has 3 rings (SSSR count). The summed E-state index contributed by atoms with van der Waals surface area (Å²) in [6, 6.07) is 5.64. The third-order valence-corrected chi connectivity index (χ3v) is 4.62. The van der Waals surface area contributed by atoms with Crippen molar-refractivity contribution in [1.29, 1.82) is 0 Å². The van der Waals surface area contributed by atoms with Gasteiger partial charge in [-0.2, -0.15) is 17.9 Å². The predicted octanol–water partition coefficient (Wildman–Crippen LogP) is 2.73. The molecule has 0 unspecified atom stereocenters. The molecule has 1 N–H and O–H groups in total. The number of alkyl halides is 3. The van der Waals surface area contributed by atoms with Crippen LogP contribution < -0.4 is 5.32 Å². The van der Waals surface area contributed by atoms with Crippen LogP contribution in [-0.2, 0) is 10.3 Å². The van der Waals surface area contributed by atoms with Gasteiger partial charge >= 0.3 is 12.1 Å². The van der Waals surface area contributed by atoms with E-state index in [1.165, 1.54) is 4.68 Å². The summed E-state index contributed by atoms with van der Waals surface area (Å²) < 4.78 is 39.8. The number of rotatable bonds is 3. The van der Waals surface area contributed by atoms with Gasteiger partial charge in [0, 0.05) is 0 Å². The highest BCUT2D eigenvalue weighted by Crippen LogP contribution is 2.39. The van der Waals surface area contributed by atoms with Crippen LogP contribution in [0.15, 0.2) is 18.2 Å². The summed E-state index contributed by atoms with van der Waals surface area (Å²) >= 11 is 0. The number of benzene rings is 1. The van der Waals surface area contributed by atoms with E-state index in [0.717, 1.165) is 16.8 Å². The van der Waals surface area contributed by atoms with Crippen molar-refractivity contribution in [3.63, 3.8) is 0 Å². The fourth-order valence-electron chi connectivity index (χ4n) is 3.45. The number of para-hydroxylation sites is 1. The first-order valence-corrected chi connectivity index (χ1v) is 7.99. The van der Waals surface area contributed by atoms with Crippen LogP contribution in [0, 0.1) is 13.8 Å². The minimum atomic E-state index is -4.95. The normalized spacial score (nSPS) is 16.8. The molecule has 1 heterocycles. The molecule has 1 amide bonds. The van der Waals surface area contributed by atoms with E-state index in [9.17, 15) is 18.0 Å². The largest absolute Gasteiger partial charge is 0.471 e. The summed E-state index contributed by atoms with van der Waals surface area (Å²) in [7, 11) is 0. The molecule has 1 saturated carbocycles. The molecule has 25 heavy (non-hydrogen) atoms. The molecule has 1 aromatic carbocycles. The van der Waals surface area contributed by atoms with Crippen LogP contribution in [0.4, 0.5) is 13.2 Å². The summed E-state index contributed by atoms with van der Waals surface area (Å²) in [6.07, 6.45) is -2.85. The smallest absolute Gasteiger partial charge is 0.335 e. The molecule has 0 aliphatic heterocycles. The Morgan fingerprint density at radius 2 is 1.80 bits per heavy atom. The van der Waals surface area contributed by atoms with Crippen LogP contribution in [-0.4, -0.2) is 32.3 Å². The predicted molar refractivity (Wildman–Crippen MR) is 83.0 cm³/mol. The van der Waals surface area contributed by atoms with Crippen LogP contribution in [0.2, 0.25) is 0 Å². The first-order valence-electron chi connectivity index (χ1n) is 7.99. The number of amides is 1. The number of nitrogens with one attached hydrogen (secondary N) is 1. The Morgan fingerprint density at radius 1 is 1.20 bits per heavy atom. The van der Waals surface area contributed by atoms with Gasteiger partial charge in [-0.1, -0.05) is 31.0 Å². The standard InChI is InChI=1S/C16H18F3N5O/c1-10-6-5-7-11(2)12(10)24-13(21-22-23-24)15(8-3-4-9-15)20-14(25)16(17,18)19/h5-7H,3-4,8-9H2,1-2H3,(H,20,25). The number of aromatic nitrogens is 4. The van der Waals surface area contributed by atoms with Crippen molar-refractivity contribution in [3.05, 3.63) is 35.2 Å². The number of nitrogens with zero attached hydrogens (tertiary/aromatic N) is 4. The number of carbonyl (C=O) groups excluding carboxylic acids is 1. The van der Waals surface area contributed by atoms with Gasteiger partial charge in [0.1, 0.15) is 5.54 Å². The maximum atomic E-state index is 12.8. The molecule has 1 aliphatic rings. The van der Waals surface area contributed by atoms with E-state index in [4.69, 9.17) is 0 Å². The average Bonchev–Trinajstić information content (AvgIpc) is 3.16. The monoisotopic (exact) mass is 353 g/mol. The van der Waals surface area contributed by atoms with Crippen molar-refractivity contribution < 1.29 is 18.0 Å². The second kappa shape index (κ2) is 6.12. The third-order valence-electron chi connectivity index (χ3n) is 4.62. The van der Waals surface area contributed by atoms with Crippen LogP contribution in [0.3, 0.4) is 0 Å². The van der Waals surface area contributed by atoms with Crippen LogP contribution in [0.1, 0.15) is 42.6 Å². The molecular formula is C16H18F3N5O. The lowest BCUT2D eigenvalue weighted by molar-refractivity contribution is -0.176. The number of hydrogen-bond donors (Lipinski definition) is 1. The third kappa shape index (κ3) is 3.10. The topological polar surface area (TPSA) is 72.7 Å². The molecule has 0 saturated heterocycles. The van der Waals surface area contributed by atoms with Gasteiger partial charge in [0.25, 0.3) is 0 Å². The summed E-state index contributed by atoms with van der Waals surface area (Å²) in [5.41, 5.74) is 1.29. The van der Waals surface area contributed by atoms with Crippen LogP contribution >= 0.6 is 0 Å². The van der Waals surface area contributed by atoms with E-state index in [1.54, 1.807) is 0 Å². The Balaban J connectivity index is 2.09. The summed E-state index contributed by atoms with van der Waals surface area (Å²) in [6.45, 7) is 3.76. The zero-order chi connectivity index (χ0) is 18.2. The summed E-state index contributed by atoms with van der Waals surface area (Å²) in [4.78, 5) is 11.6. The molecule has 0 radical (unpaired) electrons. The van der Waals surface area contributed by atoms with Gasteiger partial charge in [0.15, 0.2) is 5.82 Å². The number of tetrazole rings is 1. The minimum absolute atomic E-state index is 0.236. The molecular weight excluding hydrogens is 335 g/mol. The molecule has 9 heteroatoms. The number of carbonyl (C=O) groups is 1. The van der Waals surface area contributed by atoms with Crippen molar-refractivity contribution >= 4 is 5.91 Å². The molecule has 0 spiro atoms. The fraction of sp³-hybridized carbons (Fsp3) is 0.500. The number of hydrogen-bond acceptors (Lipinski definition) is 4. The lowest BCUT2D eigenvalue weighted by atomic mass is 9.95. The molecule has 1 aliphatic carbocycles. The highest BCUT2D eigenvalue weighted by Gasteiger charge is 2.48. The maximum absolute atomic E-state index is 12.8. The highest BCUT2D eigenvalue weighted by atomic mass is 19.4. The highest BCUT2D eigenvalue weighted by molar-refractivity contribution is 5.82. The fourth-order valence-corrected chi connectivity index (χ4v) is 3.45. The Bertz CT molecular complexity index is 773. The zero-order valence-electron chi connectivity index (χ0n) is 13.9. The lowest BCUT2D eigenvalue weighted by Gasteiger charge is -2.29. The quantitative estimate of drug-likeness (QED) is 0.921. The van der Waals surface area contributed by atoms with Gasteiger partial charge < -0.3 is 5.32 Å². The first kappa shape index (κ1) is 17.4. The first-order chi connectivity index (χ1) is 11.7. The number of halogens is 3. The zero-order valence-corrected chi connectivity index (χ0v) is 13.9. The van der Waals surface area contributed by atoms with E-state index in [1.807, 2.05) is 32.0 Å². The van der Waals surface area contributed by atoms with Crippen molar-refractivity contribution in [1.82, 2.24) is 25.5 Å². The summed E-state index contributed by atoms with van der Waals surface area (Å²) in [5, 5.41) is 13.8. The molecule has 1 fully saturated rings. The minimum Gasteiger partial charge on any atom is -0.335 e. The molecule has 0 atom stereocenters. The molecule has 2 aromatic rings. The Labute approximate surface area is 142 Å². The van der Waals surface area contributed by atoms with Gasteiger partial charge in [-0.25, -0.2) is 0 Å². The van der Waals surface area contributed by atoms with Crippen molar-refractivity contribution in [2.75, 3.05) is 0 Å². The number of aryl methyl sites for hydroxylation is 2. The van der Waals surface area contributed by atoms with E-state index in [0.29, 0.717) is 25.7 Å². The van der Waals surface area contributed by atoms with E-state index in [2.05, 4.69) is 20.8 Å². The van der Waals surface area contributed by atoms with Gasteiger partial charge in [-0.3, -0.25) is 4.79 Å². The van der Waals surface area contributed by atoms with E-state index in [-0.39, 0.29) is 5.82 Å². The molecule has 6 nitrogen and oxygen atoms in total. The molecule has 1 aromatic heterocycles. The second-order valence-corrected chi connectivity index (χ2v) is 6.40. The maximum Gasteiger partial charge on any atom is 0.471 e. The second-order valence-electron chi connectivity index (χ2n) is 6.40. The van der Waals surface area contributed by atoms with Gasteiger partial charge in [0.05, 0.1) is 5.69 Å². The SMILES string of the molecule is Cc1cccc(C)c1-n1nnnc1C1(NC(=O)C(F)(F)F)CCCC1. The Kier molecular flexibility index (Phi) is 4.26. The van der Waals surface area contributed by atoms with Crippen molar-refractivity contribution in [2.24, 2.45) is 0 Å². The van der Waals surface area contributed by atoms with Gasteiger partial charge in [-0.15, -0.1) is 5.10 Å². The van der Waals surface area contributed by atoms with Gasteiger partial charge in [0.2, 0.25) is 0 Å². The van der Waals surface area contributed by atoms with E-state index >= 15 is 0 Å². The van der Waals surface area contributed by atoms with Gasteiger partial charge in [-0.05, 0) is 48.2 Å². The van der Waals surface area contributed by atoms with Crippen LogP contribution in [0.5, 0.6) is 0 Å². The van der Waals surface area contributed by atoms with Crippen LogP contribution in [0.25, 0.3) is 5.69 Å². The lowest BCUT2D eigenvalue weighted by Crippen LogP contribution is -2.50. The Morgan fingerprint density at radius 3 is 2.36 bits per heavy atom. The van der Waals surface area contributed by atoms with E-state index < -0.39 is 17.6 Å². The van der Waals surface area contributed by atoms with Crippen molar-refractivity contribution in [3.8, 4) is 5.69 Å². The molecule has 134 valence electrons. The Hall–Kier alpha value is -2.45.